The lowest BCUT2D eigenvalue weighted by Crippen LogP contribution is -1.96. The zero-order valence-corrected chi connectivity index (χ0v) is 11.3. The molecule has 0 spiro atoms. The molecule has 2 rings (SSSR count). The van der Waals surface area contributed by atoms with E-state index in [1.807, 2.05) is 18.2 Å². The molecular weight excluding hydrogens is 238 g/mol. The molecule has 1 aromatic heterocycles. The lowest BCUT2D eigenvalue weighted by molar-refractivity contribution is 0.410. The van der Waals surface area contributed by atoms with Crippen LogP contribution in [0.3, 0.4) is 0 Å². The fourth-order valence-corrected chi connectivity index (χ4v) is 1.99. The summed E-state index contributed by atoms with van der Waals surface area (Å²) in [6, 6.07) is 9.67. The summed E-state index contributed by atoms with van der Waals surface area (Å²) in [5.41, 5.74) is 3.24. The van der Waals surface area contributed by atoms with Gasteiger partial charge in [-0.1, -0.05) is 6.92 Å². The van der Waals surface area contributed by atoms with Crippen molar-refractivity contribution in [3.05, 3.63) is 41.3 Å². The number of nitrogens with zero attached hydrogens (tertiary/aromatic N) is 3. The SMILES string of the molecule is CCc1cc(-c2cc(C#N)nc(C)n2)ccc1OC. The minimum absolute atomic E-state index is 0.386. The highest BCUT2D eigenvalue weighted by molar-refractivity contribution is 5.63. The molecule has 0 aliphatic rings. The molecule has 0 aliphatic heterocycles. The first kappa shape index (κ1) is 13.0. The fraction of sp³-hybridized carbons (Fsp3) is 0.267. The molecule has 0 radical (unpaired) electrons. The molecule has 0 bridgehead atoms. The average molecular weight is 253 g/mol. The van der Waals surface area contributed by atoms with Crippen molar-refractivity contribution in [2.24, 2.45) is 0 Å². The Morgan fingerprint density at radius 1 is 1.26 bits per heavy atom. The molecule has 2 aromatic rings. The van der Waals surface area contributed by atoms with Crippen molar-refractivity contribution in [3.8, 4) is 23.1 Å². The van der Waals surface area contributed by atoms with Gasteiger partial charge in [0.15, 0.2) is 0 Å². The predicted molar refractivity (Wildman–Crippen MR) is 72.9 cm³/mol. The molecule has 0 N–H and O–H groups in total. The Morgan fingerprint density at radius 2 is 2.05 bits per heavy atom. The Balaban J connectivity index is 2.53. The molecule has 96 valence electrons. The summed E-state index contributed by atoms with van der Waals surface area (Å²) in [6.07, 6.45) is 0.881. The number of ether oxygens (including phenoxy) is 1. The van der Waals surface area contributed by atoms with E-state index in [0.29, 0.717) is 11.5 Å². The van der Waals surface area contributed by atoms with Crippen LogP contribution in [0.1, 0.15) is 24.0 Å². The third kappa shape index (κ3) is 2.71. The maximum atomic E-state index is 8.96. The highest BCUT2D eigenvalue weighted by Crippen LogP contribution is 2.26. The highest BCUT2D eigenvalue weighted by atomic mass is 16.5. The Kier molecular flexibility index (Phi) is 3.76. The number of nitriles is 1. The molecule has 0 atom stereocenters. The molecule has 0 saturated heterocycles. The fourth-order valence-electron chi connectivity index (χ4n) is 1.99. The summed E-state index contributed by atoms with van der Waals surface area (Å²) in [7, 11) is 1.66. The molecule has 1 aromatic carbocycles. The number of hydrogen-bond donors (Lipinski definition) is 0. The Labute approximate surface area is 112 Å². The minimum atomic E-state index is 0.386. The maximum Gasteiger partial charge on any atom is 0.144 e. The van der Waals surface area contributed by atoms with E-state index in [1.165, 1.54) is 0 Å². The van der Waals surface area contributed by atoms with Crippen molar-refractivity contribution < 1.29 is 4.74 Å². The molecule has 0 amide bonds. The Morgan fingerprint density at radius 3 is 2.68 bits per heavy atom. The number of benzene rings is 1. The number of rotatable bonds is 3. The number of aromatic nitrogens is 2. The minimum Gasteiger partial charge on any atom is -0.496 e. The lowest BCUT2D eigenvalue weighted by atomic mass is 10.0. The largest absolute Gasteiger partial charge is 0.496 e. The number of methoxy groups -OCH3 is 1. The molecule has 19 heavy (non-hydrogen) atoms. The van der Waals surface area contributed by atoms with Gasteiger partial charge in [0.2, 0.25) is 0 Å². The second-order valence-corrected chi connectivity index (χ2v) is 4.18. The van der Waals surface area contributed by atoms with Crippen molar-refractivity contribution >= 4 is 0 Å². The van der Waals surface area contributed by atoms with Crippen molar-refractivity contribution in [1.82, 2.24) is 9.97 Å². The zero-order valence-electron chi connectivity index (χ0n) is 11.3. The summed E-state index contributed by atoms with van der Waals surface area (Å²) in [5.74, 6) is 1.47. The van der Waals surface area contributed by atoms with Crippen molar-refractivity contribution in [2.45, 2.75) is 20.3 Å². The third-order valence-corrected chi connectivity index (χ3v) is 2.91. The third-order valence-electron chi connectivity index (χ3n) is 2.91. The average Bonchev–Trinajstić information content (AvgIpc) is 2.45. The van der Waals surface area contributed by atoms with E-state index in [2.05, 4.69) is 23.0 Å². The van der Waals surface area contributed by atoms with Gasteiger partial charge in [0.05, 0.1) is 12.8 Å². The molecule has 0 aliphatic carbocycles. The van der Waals surface area contributed by atoms with Gasteiger partial charge < -0.3 is 4.74 Å². The number of aryl methyl sites for hydroxylation is 2. The summed E-state index contributed by atoms with van der Waals surface area (Å²) < 4.78 is 5.31. The van der Waals surface area contributed by atoms with Crippen LogP contribution >= 0.6 is 0 Å². The second-order valence-electron chi connectivity index (χ2n) is 4.18. The van der Waals surface area contributed by atoms with Crippen molar-refractivity contribution in [1.29, 1.82) is 5.26 Å². The molecule has 4 heteroatoms. The van der Waals surface area contributed by atoms with Gasteiger partial charge in [-0.15, -0.1) is 0 Å². The van der Waals surface area contributed by atoms with Gasteiger partial charge in [0, 0.05) is 11.6 Å². The van der Waals surface area contributed by atoms with Gasteiger partial charge in [0.1, 0.15) is 23.3 Å². The standard InChI is InChI=1S/C15H15N3O/c1-4-11-7-12(5-6-15(11)19-3)14-8-13(9-16)17-10(2)18-14/h5-8H,4H2,1-3H3. The molecule has 0 fully saturated rings. The first-order valence-corrected chi connectivity index (χ1v) is 6.11. The van der Waals surface area contributed by atoms with Crippen LogP contribution in [0.25, 0.3) is 11.3 Å². The molecule has 1 heterocycles. The van der Waals surface area contributed by atoms with E-state index >= 15 is 0 Å². The van der Waals surface area contributed by atoms with Gasteiger partial charge in [0.25, 0.3) is 0 Å². The van der Waals surface area contributed by atoms with E-state index in [-0.39, 0.29) is 0 Å². The maximum absolute atomic E-state index is 8.96. The summed E-state index contributed by atoms with van der Waals surface area (Å²) in [4.78, 5) is 8.44. The van der Waals surface area contributed by atoms with Crippen molar-refractivity contribution in [3.63, 3.8) is 0 Å². The van der Waals surface area contributed by atoms with E-state index in [0.717, 1.165) is 29.0 Å². The summed E-state index contributed by atoms with van der Waals surface area (Å²) in [5, 5.41) is 8.96. The van der Waals surface area contributed by atoms with Gasteiger partial charge in [-0.3, -0.25) is 0 Å². The molecular formula is C15H15N3O. The monoisotopic (exact) mass is 253 g/mol. The topological polar surface area (TPSA) is 58.8 Å². The van der Waals surface area contributed by atoms with Crippen LogP contribution in [0, 0.1) is 18.3 Å². The Hall–Kier alpha value is -2.41. The van der Waals surface area contributed by atoms with E-state index < -0.39 is 0 Å². The lowest BCUT2D eigenvalue weighted by Gasteiger charge is -2.09. The second kappa shape index (κ2) is 5.49. The smallest absolute Gasteiger partial charge is 0.144 e. The van der Waals surface area contributed by atoms with Crippen LogP contribution in [0.15, 0.2) is 24.3 Å². The van der Waals surface area contributed by atoms with Crippen LogP contribution < -0.4 is 4.74 Å². The van der Waals surface area contributed by atoms with Crippen molar-refractivity contribution in [2.75, 3.05) is 7.11 Å². The summed E-state index contributed by atoms with van der Waals surface area (Å²) >= 11 is 0. The molecule has 0 saturated carbocycles. The summed E-state index contributed by atoms with van der Waals surface area (Å²) in [6.45, 7) is 3.86. The quantitative estimate of drug-likeness (QED) is 0.843. The van der Waals surface area contributed by atoms with Gasteiger partial charge in [-0.2, -0.15) is 5.26 Å². The normalized spacial score (nSPS) is 10.0. The zero-order chi connectivity index (χ0) is 13.8. The van der Waals surface area contributed by atoms with Gasteiger partial charge in [-0.05, 0) is 37.1 Å². The first-order valence-electron chi connectivity index (χ1n) is 6.11. The Bertz CT molecular complexity index is 644. The molecule has 4 nitrogen and oxygen atoms in total. The van der Waals surface area contributed by atoms with E-state index in [9.17, 15) is 0 Å². The van der Waals surface area contributed by atoms with Crippen LogP contribution in [0.2, 0.25) is 0 Å². The van der Waals surface area contributed by atoms with Crippen LogP contribution in [0.4, 0.5) is 0 Å². The number of hydrogen-bond acceptors (Lipinski definition) is 4. The molecule has 0 unspecified atom stereocenters. The van der Waals surface area contributed by atoms with E-state index in [4.69, 9.17) is 10.00 Å². The van der Waals surface area contributed by atoms with Crippen LogP contribution in [-0.2, 0) is 6.42 Å². The highest BCUT2D eigenvalue weighted by Gasteiger charge is 2.07. The first-order chi connectivity index (χ1) is 9.17. The van der Waals surface area contributed by atoms with Crippen LogP contribution in [-0.4, -0.2) is 17.1 Å². The van der Waals surface area contributed by atoms with E-state index in [1.54, 1.807) is 20.1 Å². The van der Waals surface area contributed by atoms with Gasteiger partial charge in [-0.25, -0.2) is 9.97 Å². The van der Waals surface area contributed by atoms with Gasteiger partial charge >= 0.3 is 0 Å². The predicted octanol–water partition coefficient (Wildman–Crippen LogP) is 2.89. The van der Waals surface area contributed by atoms with Crippen LogP contribution in [0.5, 0.6) is 5.75 Å².